The van der Waals surface area contributed by atoms with Crippen LogP contribution < -0.4 is 5.32 Å². The number of hydrogen-bond acceptors (Lipinski definition) is 5. The Morgan fingerprint density at radius 3 is 2.19 bits per heavy atom. The van der Waals surface area contributed by atoms with Crippen LogP contribution in [0.4, 0.5) is 4.79 Å². The highest BCUT2D eigenvalue weighted by Gasteiger charge is 2.29. The van der Waals surface area contributed by atoms with E-state index in [0.717, 1.165) is 22.3 Å². The Labute approximate surface area is 156 Å². The molecule has 7 nitrogen and oxygen atoms in total. The van der Waals surface area contributed by atoms with E-state index in [0.29, 0.717) is 0 Å². The molecule has 142 valence electrons. The SMILES string of the molecule is O=C(NC(COCCO)C(=O)O)OCC1c2ccccc2-c2ccccc21. The Balaban J connectivity index is 1.64. The predicted molar refractivity (Wildman–Crippen MR) is 97.5 cm³/mol. The van der Waals surface area contributed by atoms with Crippen molar-refractivity contribution in [1.82, 2.24) is 5.32 Å². The molecule has 2 aromatic rings. The van der Waals surface area contributed by atoms with E-state index >= 15 is 0 Å². The van der Waals surface area contributed by atoms with Gasteiger partial charge in [0.1, 0.15) is 6.61 Å². The van der Waals surface area contributed by atoms with Gasteiger partial charge in [0.05, 0.1) is 19.8 Å². The number of rotatable bonds is 8. The number of aliphatic carboxylic acids is 1. The highest BCUT2D eigenvalue weighted by atomic mass is 16.6. The van der Waals surface area contributed by atoms with Crippen LogP contribution in [-0.2, 0) is 14.3 Å². The van der Waals surface area contributed by atoms with E-state index in [1.807, 2.05) is 48.5 Å². The molecule has 0 aliphatic heterocycles. The Morgan fingerprint density at radius 2 is 1.63 bits per heavy atom. The van der Waals surface area contributed by atoms with Crippen molar-refractivity contribution in [1.29, 1.82) is 0 Å². The fourth-order valence-corrected chi connectivity index (χ4v) is 3.22. The fourth-order valence-electron chi connectivity index (χ4n) is 3.22. The van der Waals surface area contributed by atoms with Crippen LogP contribution in [0.1, 0.15) is 17.0 Å². The zero-order chi connectivity index (χ0) is 19.2. The topological polar surface area (TPSA) is 105 Å². The van der Waals surface area contributed by atoms with E-state index in [1.54, 1.807) is 0 Å². The number of aliphatic hydroxyl groups excluding tert-OH is 1. The number of carbonyl (C=O) groups is 2. The molecule has 0 radical (unpaired) electrons. The Bertz CT molecular complexity index is 776. The van der Waals surface area contributed by atoms with Crippen LogP contribution in [0.25, 0.3) is 11.1 Å². The van der Waals surface area contributed by atoms with Crippen LogP contribution in [0.3, 0.4) is 0 Å². The lowest BCUT2D eigenvalue weighted by Crippen LogP contribution is -2.44. The molecule has 0 fully saturated rings. The molecule has 1 unspecified atom stereocenters. The third kappa shape index (κ3) is 4.27. The van der Waals surface area contributed by atoms with Crippen molar-refractivity contribution in [2.45, 2.75) is 12.0 Å². The first-order chi connectivity index (χ1) is 13.1. The van der Waals surface area contributed by atoms with Crippen LogP contribution in [0.5, 0.6) is 0 Å². The number of alkyl carbamates (subject to hydrolysis) is 1. The third-order valence-corrected chi connectivity index (χ3v) is 4.45. The van der Waals surface area contributed by atoms with E-state index in [4.69, 9.17) is 19.7 Å². The maximum absolute atomic E-state index is 12.1. The van der Waals surface area contributed by atoms with Crippen molar-refractivity contribution in [3.63, 3.8) is 0 Å². The van der Waals surface area contributed by atoms with Crippen molar-refractivity contribution >= 4 is 12.1 Å². The maximum Gasteiger partial charge on any atom is 0.407 e. The number of aliphatic hydroxyl groups is 1. The van der Waals surface area contributed by atoms with Gasteiger partial charge in [-0.15, -0.1) is 0 Å². The molecule has 1 atom stereocenters. The number of ether oxygens (including phenoxy) is 2. The van der Waals surface area contributed by atoms with Crippen molar-refractivity contribution in [3.8, 4) is 11.1 Å². The fraction of sp³-hybridized carbons (Fsp3) is 0.300. The standard InChI is InChI=1S/C20H21NO6/c22-9-10-26-12-18(19(23)24)21-20(25)27-11-17-15-7-3-1-5-13(15)14-6-2-4-8-16(14)17/h1-8,17-18,22H,9-12H2,(H,21,25)(H,23,24). The summed E-state index contributed by atoms with van der Waals surface area (Å²) in [5, 5.41) is 20.1. The van der Waals surface area contributed by atoms with Crippen LogP contribution in [0.15, 0.2) is 48.5 Å². The molecule has 0 saturated carbocycles. The third-order valence-electron chi connectivity index (χ3n) is 4.45. The molecule has 1 aliphatic rings. The molecule has 7 heteroatoms. The first kappa shape index (κ1) is 18.9. The van der Waals surface area contributed by atoms with Gasteiger partial charge in [-0.25, -0.2) is 9.59 Å². The predicted octanol–water partition coefficient (Wildman–Crippen LogP) is 1.99. The molecule has 1 amide bonds. The lowest BCUT2D eigenvalue weighted by atomic mass is 9.98. The van der Waals surface area contributed by atoms with Crippen LogP contribution >= 0.6 is 0 Å². The number of carbonyl (C=O) groups excluding carboxylic acids is 1. The largest absolute Gasteiger partial charge is 0.480 e. The van der Waals surface area contributed by atoms with Crippen molar-refractivity contribution in [3.05, 3.63) is 59.7 Å². The summed E-state index contributed by atoms with van der Waals surface area (Å²) in [5.74, 6) is -1.33. The molecular weight excluding hydrogens is 350 g/mol. The van der Waals surface area contributed by atoms with Gasteiger partial charge in [0.15, 0.2) is 6.04 Å². The number of amides is 1. The van der Waals surface area contributed by atoms with Gasteiger partial charge in [0, 0.05) is 5.92 Å². The number of hydrogen-bond donors (Lipinski definition) is 3. The van der Waals surface area contributed by atoms with Gasteiger partial charge >= 0.3 is 12.1 Å². The molecule has 0 spiro atoms. The molecule has 0 aromatic heterocycles. The van der Waals surface area contributed by atoms with Gasteiger partial charge in [0.2, 0.25) is 0 Å². The van der Waals surface area contributed by atoms with Crippen LogP contribution in [-0.4, -0.2) is 54.7 Å². The van der Waals surface area contributed by atoms with Gasteiger partial charge in [-0.3, -0.25) is 0 Å². The van der Waals surface area contributed by atoms with Gasteiger partial charge in [-0.05, 0) is 22.3 Å². The van der Waals surface area contributed by atoms with E-state index < -0.39 is 18.1 Å². The minimum Gasteiger partial charge on any atom is -0.480 e. The number of carboxylic acids is 1. The summed E-state index contributed by atoms with van der Waals surface area (Å²) in [4.78, 5) is 23.3. The van der Waals surface area contributed by atoms with E-state index in [2.05, 4.69) is 5.32 Å². The monoisotopic (exact) mass is 371 g/mol. The molecule has 0 bridgehead atoms. The summed E-state index contributed by atoms with van der Waals surface area (Å²) < 4.78 is 10.3. The number of fused-ring (bicyclic) bond motifs is 3. The highest BCUT2D eigenvalue weighted by Crippen LogP contribution is 2.44. The van der Waals surface area contributed by atoms with Gasteiger partial charge in [-0.1, -0.05) is 48.5 Å². The van der Waals surface area contributed by atoms with Crippen molar-refractivity contribution in [2.75, 3.05) is 26.4 Å². The summed E-state index contributed by atoms with van der Waals surface area (Å²) in [6.45, 7) is -0.378. The summed E-state index contributed by atoms with van der Waals surface area (Å²) >= 11 is 0. The van der Waals surface area contributed by atoms with Gasteiger partial charge in [-0.2, -0.15) is 0 Å². The van der Waals surface area contributed by atoms with Crippen molar-refractivity contribution in [2.24, 2.45) is 0 Å². The first-order valence-corrected chi connectivity index (χ1v) is 8.64. The molecule has 3 N–H and O–H groups in total. The number of benzene rings is 2. The molecule has 1 aliphatic carbocycles. The molecule has 27 heavy (non-hydrogen) atoms. The molecular formula is C20H21NO6. The molecule has 3 rings (SSSR count). The second kappa shape index (κ2) is 8.66. The number of nitrogens with one attached hydrogen (secondary N) is 1. The molecule has 0 heterocycles. The van der Waals surface area contributed by atoms with Crippen LogP contribution in [0, 0.1) is 0 Å². The number of carboxylic acid groups (broad SMARTS) is 1. The summed E-state index contributed by atoms with van der Waals surface area (Å²) in [5.41, 5.74) is 4.38. The normalized spacial score (nSPS) is 13.5. The van der Waals surface area contributed by atoms with Crippen LogP contribution in [0.2, 0.25) is 0 Å². The van der Waals surface area contributed by atoms with E-state index in [-0.39, 0.29) is 32.3 Å². The summed E-state index contributed by atoms with van der Waals surface area (Å²) in [6.07, 6.45) is -0.822. The maximum atomic E-state index is 12.1. The summed E-state index contributed by atoms with van der Waals surface area (Å²) in [7, 11) is 0. The average molecular weight is 371 g/mol. The second-order valence-electron chi connectivity index (χ2n) is 6.16. The smallest absolute Gasteiger partial charge is 0.407 e. The minimum atomic E-state index is -1.24. The van der Waals surface area contributed by atoms with E-state index in [1.165, 1.54) is 0 Å². The average Bonchev–Trinajstić information content (AvgIpc) is 2.99. The van der Waals surface area contributed by atoms with Gasteiger partial charge in [0.25, 0.3) is 0 Å². The van der Waals surface area contributed by atoms with Crippen molar-refractivity contribution < 1.29 is 29.3 Å². The van der Waals surface area contributed by atoms with E-state index in [9.17, 15) is 9.59 Å². The summed E-state index contributed by atoms with van der Waals surface area (Å²) in [6, 6.07) is 14.7. The lowest BCUT2D eigenvalue weighted by Gasteiger charge is -2.17. The highest BCUT2D eigenvalue weighted by molar-refractivity contribution is 5.81. The quantitative estimate of drug-likeness (QED) is 0.613. The Hall–Kier alpha value is -2.90. The second-order valence-corrected chi connectivity index (χ2v) is 6.16. The lowest BCUT2D eigenvalue weighted by molar-refractivity contribution is -0.141. The minimum absolute atomic E-state index is 0.00382. The zero-order valence-corrected chi connectivity index (χ0v) is 14.6. The Kier molecular flexibility index (Phi) is 6.05. The molecule has 2 aromatic carbocycles. The Morgan fingerprint density at radius 1 is 1.04 bits per heavy atom. The molecule has 0 saturated heterocycles. The first-order valence-electron chi connectivity index (χ1n) is 8.64. The van der Waals surface area contributed by atoms with Gasteiger partial charge < -0.3 is 25.0 Å². The zero-order valence-electron chi connectivity index (χ0n) is 14.6.